The summed E-state index contributed by atoms with van der Waals surface area (Å²) in [5.74, 6) is 0.416. The molecule has 1 aromatic rings. The molecule has 0 aliphatic heterocycles. The van der Waals surface area contributed by atoms with Gasteiger partial charge in [0.1, 0.15) is 5.76 Å². The molecule has 0 bridgehead atoms. The third kappa shape index (κ3) is 5.54. The Morgan fingerprint density at radius 1 is 1.41 bits per heavy atom. The molecule has 4 heteroatoms. The van der Waals surface area contributed by atoms with E-state index in [0.29, 0.717) is 12.3 Å². The van der Waals surface area contributed by atoms with Gasteiger partial charge in [-0.25, -0.2) is 4.79 Å². The van der Waals surface area contributed by atoms with Crippen LogP contribution in [0.5, 0.6) is 0 Å². The first kappa shape index (κ1) is 13.8. The third-order valence-corrected chi connectivity index (χ3v) is 2.56. The Morgan fingerprint density at radius 3 is 2.76 bits per heavy atom. The molecule has 1 heterocycles. The maximum atomic E-state index is 10.6. The molecule has 0 amide bonds. The number of hydrogen-bond donors (Lipinski definition) is 2. The summed E-state index contributed by atoms with van der Waals surface area (Å²) in [5, 5.41) is 11.9. The van der Waals surface area contributed by atoms with Crippen LogP contribution < -0.4 is 5.32 Å². The van der Waals surface area contributed by atoms with Gasteiger partial charge in [0.25, 0.3) is 0 Å². The predicted molar refractivity (Wildman–Crippen MR) is 66.1 cm³/mol. The highest BCUT2D eigenvalue weighted by atomic mass is 16.4. The van der Waals surface area contributed by atoms with E-state index in [1.165, 1.54) is 18.9 Å². The number of hydrogen-bond acceptors (Lipinski definition) is 3. The van der Waals surface area contributed by atoms with E-state index in [1.807, 2.05) is 0 Å². The molecule has 0 aliphatic carbocycles. The average Bonchev–Trinajstić information content (AvgIpc) is 2.71. The first-order valence-electron chi connectivity index (χ1n) is 6.12. The summed E-state index contributed by atoms with van der Waals surface area (Å²) in [4.78, 5) is 10.6. The second-order valence-electron chi connectivity index (χ2n) is 4.64. The van der Waals surface area contributed by atoms with E-state index in [0.717, 1.165) is 18.9 Å². The number of furan rings is 1. The van der Waals surface area contributed by atoms with Crippen LogP contribution in [0, 0.1) is 5.92 Å². The van der Waals surface area contributed by atoms with Gasteiger partial charge in [-0.1, -0.05) is 26.7 Å². The number of carbonyl (C=O) groups is 1. The lowest BCUT2D eigenvalue weighted by molar-refractivity contribution is 0.0660. The van der Waals surface area contributed by atoms with Gasteiger partial charge in [0, 0.05) is 0 Å². The zero-order valence-electron chi connectivity index (χ0n) is 10.5. The lowest BCUT2D eigenvalue weighted by Gasteiger charge is -2.05. The van der Waals surface area contributed by atoms with E-state index < -0.39 is 5.97 Å². The summed E-state index contributed by atoms with van der Waals surface area (Å²) in [5.41, 5.74) is 0. The first-order valence-corrected chi connectivity index (χ1v) is 6.12. The molecule has 0 spiro atoms. The van der Waals surface area contributed by atoms with Gasteiger partial charge >= 0.3 is 5.97 Å². The van der Waals surface area contributed by atoms with Gasteiger partial charge in [-0.05, 0) is 31.0 Å². The Bertz CT molecular complexity index is 344. The van der Waals surface area contributed by atoms with Crippen molar-refractivity contribution in [2.45, 2.75) is 39.7 Å². The molecule has 96 valence electrons. The minimum Gasteiger partial charge on any atom is -0.475 e. The van der Waals surface area contributed by atoms with Crippen LogP contribution in [0.25, 0.3) is 0 Å². The van der Waals surface area contributed by atoms with Crippen molar-refractivity contribution in [2.24, 2.45) is 5.92 Å². The second-order valence-corrected chi connectivity index (χ2v) is 4.64. The van der Waals surface area contributed by atoms with Crippen LogP contribution in [-0.4, -0.2) is 17.6 Å². The Hall–Kier alpha value is -1.29. The Balaban J connectivity index is 2.11. The lowest BCUT2D eigenvalue weighted by atomic mass is 10.1. The Labute approximate surface area is 102 Å². The highest BCUT2D eigenvalue weighted by molar-refractivity contribution is 5.84. The smallest absolute Gasteiger partial charge is 0.371 e. The molecule has 0 saturated carbocycles. The van der Waals surface area contributed by atoms with Gasteiger partial charge in [-0.3, -0.25) is 0 Å². The zero-order valence-corrected chi connectivity index (χ0v) is 10.5. The van der Waals surface area contributed by atoms with Crippen molar-refractivity contribution >= 4 is 5.97 Å². The van der Waals surface area contributed by atoms with Crippen molar-refractivity contribution in [2.75, 3.05) is 6.54 Å². The van der Waals surface area contributed by atoms with Crippen LogP contribution in [0.2, 0.25) is 0 Å². The molecule has 0 unspecified atom stereocenters. The van der Waals surface area contributed by atoms with E-state index in [-0.39, 0.29) is 5.76 Å². The molecule has 1 rings (SSSR count). The third-order valence-electron chi connectivity index (χ3n) is 2.56. The van der Waals surface area contributed by atoms with Crippen LogP contribution in [0.3, 0.4) is 0 Å². The SMILES string of the molecule is CC(C)CCCCNCc1ccc(C(=O)O)o1. The van der Waals surface area contributed by atoms with E-state index in [2.05, 4.69) is 19.2 Å². The van der Waals surface area contributed by atoms with E-state index >= 15 is 0 Å². The summed E-state index contributed by atoms with van der Waals surface area (Å²) in [6, 6.07) is 3.18. The first-order chi connectivity index (χ1) is 8.09. The number of unbranched alkanes of at least 4 members (excludes halogenated alkanes) is 1. The van der Waals surface area contributed by atoms with Crippen LogP contribution >= 0.6 is 0 Å². The normalized spacial score (nSPS) is 11.0. The number of carboxylic acids is 1. The standard InChI is InChI=1S/C13H21NO3/c1-10(2)5-3-4-8-14-9-11-6-7-12(17-11)13(15)16/h6-7,10,14H,3-5,8-9H2,1-2H3,(H,15,16). The van der Waals surface area contributed by atoms with Gasteiger partial charge in [-0.15, -0.1) is 0 Å². The Morgan fingerprint density at radius 2 is 2.18 bits per heavy atom. The molecule has 0 radical (unpaired) electrons. The number of carboxylic acid groups (broad SMARTS) is 1. The summed E-state index contributed by atoms with van der Waals surface area (Å²) in [7, 11) is 0. The molecular weight excluding hydrogens is 218 g/mol. The van der Waals surface area contributed by atoms with Crippen LogP contribution in [0.4, 0.5) is 0 Å². The summed E-state index contributed by atoms with van der Waals surface area (Å²) >= 11 is 0. The summed E-state index contributed by atoms with van der Waals surface area (Å²) < 4.78 is 5.13. The second kappa shape index (κ2) is 7.12. The van der Waals surface area contributed by atoms with Crippen molar-refractivity contribution in [3.05, 3.63) is 23.7 Å². The molecule has 0 saturated heterocycles. The van der Waals surface area contributed by atoms with E-state index in [4.69, 9.17) is 9.52 Å². The van der Waals surface area contributed by atoms with Crippen LogP contribution in [0.15, 0.2) is 16.5 Å². The minimum atomic E-state index is -1.02. The number of rotatable bonds is 8. The topological polar surface area (TPSA) is 62.5 Å². The maximum Gasteiger partial charge on any atom is 0.371 e. The van der Waals surface area contributed by atoms with Crippen molar-refractivity contribution in [3.63, 3.8) is 0 Å². The molecule has 0 fully saturated rings. The minimum absolute atomic E-state index is 0.00149. The maximum absolute atomic E-state index is 10.6. The Kier molecular flexibility index (Phi) is 5.77. The predicted octanol–water partition coefficient (Wildman–Crippen LogP) is 2.89. The quantitative estimate of drug-likeness (QED) is 0.685. The zero-order chi connectivity index (χ0) is 12.7. The summed E-state index contributed by atoms with van der Waals surface area (Å²) in [6.07, 6.45) is 3.62. The van der Waals surface area contributed by atoms with E-state index in [1.54, 1.807) is 6.07 Å². The van der Waals surface area contributed by atoms with Gasteiger partial charge in [0.2, 0.25) is 5.76 Å². The number of nitrogens with one attached hydrogen (secondary N) is 1. The van der Waals surface area contributed by atoms with Gasteiger partial charge in [0.05, 0.1) is 6.54 Å². The fourth-order valence-electron chi connectivity index (χ4n) is 1.60. The van der Waals surface area contributed by atoms with Crippen molar-refractivity contribution < 1.29 is 14.3 Å². The highest BCUT2D eigenvalue weighted by Gasteiger charge is 2.07. The van der Waals surface area contributed by atoms with Gasteiger partial charge in [0.15, 0.2) is 0 Å². The van der Waals surface area contributed by atoms with Crippen molar-refractivity contribution in [3.8, 4) is 0 Å². The fourth-order valence-corrected chi connectivity index (χ4v) is 1.60. The van der Waals surface area contributed by atoms with Gasteiger partial charge < -0.3 is 14.8 Å². The van der Waals surface area contributed by atoms with Crippen LogP contribution in [-0.2, 0) is 6.54 Å². The highest BCUT2D eigenvalue weighted by Crippen LogP contribution is 2.08. The number of aromatic carboxylic acids is 1. The molecule has 0 atom stereocenters. The molecule has 2 N–H and O–H groups in total. The van der Waals surface area contributed by atoms with Gasteiger partial charge in [-0.2, -0.15) is 0 Å². The molecular formula is C13H21NO3. The molecule has 0 aromatic carbocycles. The average molecular weight is 239 g/mol. The largest absolute Gasteiger partial charge is 0.475 e. The fraction of sp³-hybridized carbons (Fsp3) is 0.615. The molecule has 17 heavy (non-hydrogen) atoms. The van der Waals surface area contributed by atoms with Crippen LogP contribution in [0.1, 0.15) is 49.4 Å². The molecule has 1 aromatic heterocycles. The van der Waals surface area contributed by atoms with Crippen molar-refractivity contribution in [1.29, 1.82) is 0 Å². The molecule has 4 nitrogen and oxygen atoms in total. The monoisotopic (exact) mass is 239 g/mol. The summed E-state index contributed by atoms with van der Waals surface area (Å²) in [6.45, 7) is 5.98. The molecule has 0 aliphatic rings. The van der Waals surface area contributed by atoms with E-state index in [9.17, 15) is 4.79 Å². The van der Waals surface area contributed by atoms with Crippen molar-refractivity contribution in [1.82, 2.24) is 5.32 Å². The lowest BCUT2D eigenvalue weighted by Crippen LogP contribution is -2.14.